The summed E-state index contributed by atoms with van der Waals surface area (Å²) in [6.07, 6.45) is 1.37. The Balaban J connectivity index is 1.51. The van der Waals surface area contributed by atoms with Gasteiger partial charge in [-0.1, -0.05) is 24.3 Å². The number of hydrogen-bond donors (Lipinski definition) is 0. The highest BCUT2D eigenvalue weighted by Crippen LogP contribution is 2.33. The largest absolute Gasteiger partial charge is 0.449 e. The second kappa shape index (κ2) is 6.88. The van der Waals surface area contributed by atoms with E-state index in [-0.39, 0.29) is 23.5 Å². The molecular formula is C21H23NO5S. The molecule has 0 radical (unpaired) electrons. The molecule has 0 saturated carbocycles. The number of carbonyl (C=O) groups is 2. The highest BCUT2D eigenvalue weighted by molar-refractivity contribution is 7.91. The fourth-order valence-electron chi connectivity index (χ4n) is 4.25. The van der Waals surface area contributed by atoms with E-state index in [1.54, 1.807) is 13.1 Å². The summed E-state index contributed by atoms with van der Waals surface area (Å²) in [7, 11) is -1.53. The number of esters is 1. The average Bonchev–Trinajstić information content (AvgIpc) is 3.25. The minimum atomic E-state index is -3.09. The second-order valence-corrected chi connectivity index (χ2v) is 9.89. The first kappa shape index (κ1) is 18.9. The Morgan fingerprint density at radius 2 is 1.86 bits per heavy atom. The Bertz CT molecular complexity index is 1070. The van der Waals surface area contributed by atoms with E-state index in [1.807, 2.05) is 18.2 Å². The van der Waals surface area contributed by atoms with Crippen LogP contribution in [0.5, 0.6) is 0 Å². The van der Waals surface area contributed by atoms with Crippen LogP contribution < -0.4 is 0 Å². The van der Waals surface area contributed by atoms with Gasteiger partial charge in [0.2, 0.25) is 0 Å². The first-order valence-corrected chi connectivity index (χ1v) is 11.3. The van der Waals surface area contributed by atoms with Gasteiger partial charge in [-0.15, -0.1) is 0 Å². The van der Waals surface area contributed by atoms with Crippen LogP contribution in [-0.4, -0.2) is 55.9 Å². The van der Waals surface area contributed by atoms with Gasteiger partial charge in [-0.25, -0.2) is 13.2 Å². The fraction of sp³-hybridized carbons (Fsp3) is 0.429. The summed E-state index contributed by atoms with van der Waals surface area (Å²) in [6.45, 7) is 1.53. The third kappa shape index (κ3) is 3.28. The molecule has 0 N–H and O–H groups in total. The summed E-state index contributed by atoms with van der Waals surface area (Å²) in [5, 5.41) is 1.97. The molecule has 0 bridgehead atoms. The molecule has 6 nitrogen and oxygen atoms in total. The van der Waals surface area contributed by atoms with Crippen LogP contribution in [0.25, 0.3) is 10.8 Å². The molecule has 1 aliphatic heterocycles. The van der Waals surface area contributed by atoms with Gasteiger partial charge >= 0.3 is 5.97 Å². The summed E-state index contributed by atoms with van der Waals surface area (Å²) in [6, 6.07) is 9.27. The minimum Gasteiger partial charge on any atom is -0.449 e. The topological polar surface area (TPSA) is 80.8 Å². The van der Waals surface area contributed by atoms with Crippen molar-refractivity contribution >= 4 is 32.5 Å². The Labute approximate surface area is 164 Å². The highest BCUT2D eigenvalue weighted by atomic mass is 32.2. The van der Waals surface area contributed by atoms with Crippen molar-refractivity contribution < 1.29 is 22.7 Å². The normalized spacial score (nSPS) is 20.9. The lowest BCUT2D eigenvalue weighted by molar-refractivity contribution is -0.140. The van der Waals surface area contributed by atoms with E-state index in [9.17, 15) is 18.0 Å². The molecule has 2 aliphatic rings. The van der Waals surface area contributed by atoms with E-state index >= 15 is 0 Å². The maximum absolute atomic E-state index is 12.8. The van der Waals surface area contributed by atoms with Gasteiger partial charge in [-0.05, 0) is 54.2 Å². The predicted octanol–water partition coefficient (Wildman–Crippen LogP) is 2.13. The van der Waals surface area contributed by atoms with Gasteiger partial charge in [-0.2, -0.15) is 0 Å². The third-order valence-corrected chi connectivity index (χ3v) is 7.58. The molecule has 1 saturated heterocycles. The van der Waals surface area contributed by atoms with Crippen molar-refractivity contribution in [2.24, 2.45) is 0 Å². The molecule has 1 aliphatic carbocycles. The average molecular weight is 401 g/mol. The van der Waals surface area contributed by atoms with Crippen molar-refractivity contribution in [3.8, 4) is 0 Å². The maximum atomic E-state index is 12.8. The smallest absolute Gasteiger partial charge is 0.339 e. The Morgan fingerprint density at radius 1 is 1.14 bits per heavy atom. The van der Waals surface area contributed by atoms with Gasteiger partial charge in [0.1, 0.15) is 0 Å². The summed E-state index contributed by atoms with van der Waals surface area (Å²) in [5.74, 6) is -0.875. The molecule has 1 heterocycles. The second-order valence-electron chi connectivity index (χ2n) is 7.67. The van der Waals surface area contributed by atoms with Gasteiger partial charge in [0, 0.05) is 13.1 Å². The van der Waals surface area contributed by atoms with Crippen LogP contribution in [0.4, 0.5) is 0 Å². The molecule has 1 amide bonds. The van der Waals surface area contributed by atoms with Crippen LogP contribution in [-0.2, 0) is 32.2 Å². The zero-order valence-corrected chi connectivity index (χ0v) is 16.8. The van der Waals surface area contributed by atoms with Crippen LogP contribution in [0.3, 0.4) is 0 Å². The minimum absolute atomic E-state index is 0.0369. The number of nitrogens with zero attached hydrogens (tertiary/aromatic N) is 1. The molecule has 2 atom stereocenters. The van der Waals surface area contributed by atoms with Gasteiger partial charge in [0.05, 0.1) is 17.1 Å². The van der Waals surface area contributed by atoms with Crippen LogP contribution in [0.2, 0.25) is 0 Å². The van der Waals surface area contributed by atoms with Gasteiger partial charge < -0.3 is 9.64 Å². The van der Waals surface area contributed by atoms with E-state index in [1.165, 1.54) is 23.0 Å². The predicted molar refractivity (Wildman–Crippen MR) is 106 cm³/mol. The van der Waals surface area contributed by atoms with Crippen molar-refractivity contribution in [3.05, 3.63) is 47.0 Å². The molecule has 2 aromatic rings. The maximum Gasteiger partial charge on any atom is 0.339 e. The lowest BCUT2D eigenvalue weighted by Gasteiger charge is -2.26. The molecule has 1 fully saturated rings. The van der Waals surface area contributed by atoms with Crippen molar-refractivity contribution in [1.82, 2.24) is 4.90 Å². The molecule has 148 valence electrons. The van der Waals surface area contributed by atoms with Crippen molar-refractivity contribution in [2.75, 3.05) is 18.6 Å². The SMILES string of the molecule is C[C@@H](OC(=O)c1ccc2c3c(cccc13)CC2)C(=O)N(C)[C@H]1CCS(=O)(=O)C1. The van der Waals surface area contributed by atoms with Gasteiger partial charge in [0.15, 0.2) is 15.9 Å². The van der Waals surface area contributed by atoms with E-state index < -0.39 is 21.9 Å². The van der Waals surface area contributed by atoms with Gasteiger partial charge in [-0.3, -0.25) is 4.79 Å². The Morgan fingerprint density at radius 3 is 2.54 bits per heavy atom. The van der Waals surface area contributed by atoms with E-state index in [4.69, 9.17) is 4.74 Å². The molecule has 4 rings (SSSR count). The number of rotatable bonds is 4. The summed E-state index contributed by atoms with van der Waals surface area (Å²) < 4.78 is 28.8. The third-order valence-electron chi connectivity index (χ3n) is 5.83. The molecule has 7 heteroatoms. The molecule has 0 aromatic heterocycles. The number of ether oxygens (including phenoxy) is 1. The monoisotopic (exact) mass is 401 g/mol. The van der Waals surface area contributed by atoms with Crippen LogP contribution in [0.15, 0.2) is 30.3 Å². The number of amides is 1. The zero-order valence-electron chi connectivity index (χ0n) is 16.0. The molecule has 0 unspecified atom stereocenters. The molecule has 2 aromatic carbocycles. The van der Waals surface area contributed by atoms with Gasteiger partial charge in [0.25, 0.3) is 5.91 Å². The molecule has 28 heavy (non-hydrogen) atoms. The number of benzene rings is 2. The Hall–Kier alpha value is -2.41. The summed E-state index contributed by atoms with van der Waals surface area (Å²) >= 11 is 0. The van der Waals surface area contributed by atoms with E-state index in [0.717, 1.165) is 23.6 Å². The summed E-state index contributed by atoms with van der Waals surface area (Å²) in [5.41, 5.74) is 2.91. The number of carbonyl (C=O) groups excluding carboxylic acids is 2. The summed E-state index contributed by atoms with van der Waals surface area (Å²) in [4.78, 5) is 26.8. The zero-order chi connectivity index (χ0) is 20.1. The molecular weight excluding hydrogens is 378 g/mol. The lowest BCUT2D eigenvalue weighted by atomic mass is 10.00. The molecule has 0 spiro atoms. The Kier molecular flexibility index (Phi) is 4.65. The van der Waals surface area contributed by atoms with Crippen molar-refractivity contribution in [2.45, 2.75) is 38.3 Å². The first-order valence-electron chi connectivity index (χ1n) is 9.48. The quantitative estimate of drug-likeness (QED) is 0.733. The standard InChI is InChI=1S/C21H23NO5S/c1-13(20(23)22(2)16-10-11-28(25,26)12-16)27-21(24)18-9-8-15-7-6-14-4-3-5-17(18)19(14)15/h3-5,8-9,13,16H,6-7,10-12H2,1-2H3/t13-,16+/m1/s1. The van der Waals surface area contributed by atoms with Crippen molar-refractivity contribution in [3.63, 3.8) is 0 Å². The highest BCUT2D eigenvalue weighted by Gasteiger charge is 2.35. The number of aryl methyl sites for hydroxylation is 2. The van der Waals surface area contributed by atoms with E-state index in [2.05, 4.69) is 6.07 Å². The first-order chi connectivity index (χ1) is 13.3. The van der Waals surface area contributed by atoms with Crippen molar-refractivity contribution in [1.29, 1.82) is 0 Å². The fourth-order valence-corrected chi connectivity index (χ4v) is 6.02. The lowest BCUT2D eigenvalue weighted by Crippen LogP contribution is -2.44. The van der Waals surface area contributed by atoms with E-state index in [0.29, 0.717) is 12.0 Å². The van der Waals surface area contributed by atoms with Crippen LogP contribution >= 0.6 is 0 Å². The van der Waals surface area contributed by atoms with Crippen LogP contribution in [0, 0.1) is 0 Å². The number of hydrogen-bond acceptors (Lipinski definition) is 5. The number of likely N-dealkylation sites (N-methyl/N-ethyl adjacent to an activating group) is 1. The van der Waals surface area contributed by atoms with Crippen LogP contribution in [0.1, 0.15) is 34.8 Å². The number of sulfone groups is 1.